The van der Waals surface area contributed by atoms with Crippen LogP contribution in [-0.4, -0.2) is 88.3 Å². The molecule has 1 N–H and O–H groups in total. The topological polar surface area (TPSA) is 85.8 Å². The molecule has 0 bridgehead atoms. The number of pyridine rings is 1. The SMILES string of the molecule is CC(=O)N[C@@H](CC(C)(C)C)C(=O)N1CCN(C(=O)C2CN(C(C)(C)C)CC2c2ccc(Cl)cn2)CC1. The highest BCUT2D eigenvalue weighted by molar-refractivity contribution is 6.30. The van der Waals surface area contributed by atoms with Crippen LogP contribution in [0.25, 0.3) is 0 Å². The molecule has 0 spiro atoms. The predicted molar refractivity (Wildman–Crippen MR) is 142 cm³/mol. The maximum absolute atomic E-state index is 13.8. The molecule has 9 heteroatoms. The monoisotopic (exact) mass is 519 g/mol. The average Bonchev–Trinajstić information content (AvgIpc) is 3.23. The fourth-order valence-electron chi connectivity index (χ4n) is 5.17. The van der Waals surface area contributed by atoms with Crippen molar-refractivity contribution in [1.29, 1.82) is 0 Å². The normalized spacial score (nSPS) is 22.4. The van der Waals surface area contributed by atoms with Gasteiger partial charge in [-0.3, -0.25) is 24.3 Å². The first kappa shape index (κ1) is 28.4. The number of piperazine rings is 1. The molecule has 0 saturated carbocycles. The number of likely N-dealkylation sites (tertiary alicyclic amines) is 1. The fraction of sp³-hybridized carbons (Fsp3) is 0.704. The Balaban J connectivity index is 1.69. The van der Waals surface area contributed by atoms with E-state index in [9.17, 15) is 14.4 Å². The summed E-state index contributed by atoms with van der Waals surface area (Å²) in [5.41, 5.74) is 0.724. The highest BCUT2D eigenvalue weighted by Crippen LogP contribution is 2.37. The van der Waals surface area contributed by atoms with Crippen LogP contribution in [0.3, 0.4) is 0 Å². The van der Waals surface area contributed by atoms with Crippen LogP contribution < -0.4 is 5.32 Å². The van der Waals surface area contributed by atoms with Crippen molar-refractivity contribution in [3.63, 3.8) is 0 Å². The van der Waals surface area contributed by atoms with Gasteiger partial charge in [-0.15, -0.1) is 0 Å². The molecule has 8 nitrogen and oxygen atoms in total. The largest absolute Gasteiger partial charge is 0.345 e. The number of hydrogen-bond acceptors (Lipinski definition) is 5. The van der Waals surface area contributed by atoms with Gasteiger partial charge in [-0.25, -0.2) is 0 Å². The summed E-state index contributed by atoms with van der Waals surface area (Å²) < 4.78 is 0. The van der Waals surface area contributed by atoms with Crippen LogP contribution in [-0.2, 0) is 14.4 Å². The van der Waals surface area contributed by atoms with Gasteiger partial charge in [0, 0.05) is 69.5 Å². The standard InChI is InChI=1S/C27H42ClN5O3/c1-18(34)30-23(14-26(2,3)4)25(36)32-12-10-31(11-13-32)24(35)21-17-33(27(5,6)7)16-20(21)22-9-8-19(28)15-29-22/h8-9,15,20-21,23H,10-14,16-17H2,1-7H3,(H,30,34)/t20?,21?,23-/m0/s1. The van der Waals surface area contributed by atoms with E-state index in [4.69, 9.17) is 11.6 Å². The van der Waals surface area contributed by atoms with Crippen LogP contribution in [0, 0.1) is 11.3 Å². The third kappa shape index (κ3) is 7.19. The number of aromatic nitrogens is 1. The summed E-state index contributed by atoms with van der Waals surface area (Å²) in [6, 6.07) is 3.20. The van der Waals surface area contributed by atoms with Gasteiger partial charge in [0.2, 0.25) is 17.7 Å². The molecule has 0 radical (unpaired) electrons. The maximum Gasteiger partial charge on any atom is 0.245 e. The van der Waals surface area contributed by atoms with Crippen molar-refractivity contribution in [1.82, 2.24) is 25.0 Å². The minimum atomic E-state index is -0.555. The van der Waals surface area contributed by atoms with Gasteiger partial charge in [0.05, 0.1) is 10.9 Å². The molecule has 1 aromatic heterocycles. The number of carbonyl (C=O) groups excluding carboxylic acids is 3. The van der Waals surface area contributed by atoms with Crippen molar-refractivity contribution in [2.75, 3.05) is 39.3 Å². The molecule has 3 heterocycles. The van der Waals surface area contributed by atoms with E-state index in [1.54, 1.807) is 11.1 Å². The fourth-order valence-corrected chi connectivity index (χ4v) is 5.28. The maximum atomic E-state index is 13.8. The zero-order valence-corrected chi connectivity index (χ0v) is 23.6. The Morgan fingerprint density at radius 1 is 1.03 bits per heavy atom. The molecule has 2 unspecified atom stereocenters. The van der Waals surface area contributed by atoms with E-state index in [-0.39, 0.29) is 40.5 Å². The molecule has 3 rings (SSSR count). The number of nitrogens with zero attached hydrogens (tertiary/aromatic N) is 4. The van der Waals surface area contributed by atoms with Gasteiger partial charge in [-0.2, -0.15) is 0 Å². The van der Waals surface area contributed by atoms with Crippen molar-refractivity contribution in [3.05, 3.63) is 29.0 Å². The number of carbonyl (C=O) groups is 3. The lowest BCUT2D eigenvalue weighted by Crippen LogP contribution is -2.57. The number of hydrogen-bond donors (Lipinski definition) is 1. The molecule has 3 atom stereocenters. The smallest absolute Gasteiger partial charge is 0.245 e. The zero-order valence-electron chi connectivity index (χ0n) is 22.8. The van der Waals surface area contributed by atoms with Crippen LogP contribution >= 0.6 is 11.6 Å². The van der Waals surface area contributed by atoms with Crippen LogP contribution in [0.1, 0.15) is 66.5 Å². The van der Waals surface area contributed by atoms with E-state index in [1.165, 1.54) is 6.92 Å². The molecule has 2 aliphatic rings. The molecule has 0 aliphatic carbocycles. The summed E-state index contributed by atoms with van der Waals surface area (Å²) in [5, 5.41) is 3.41. The van der Waals surface area contributed by atoms with Gasteiger partial charge in [0.25, 0.3) is 0 Å². The summed E-state index contributed by atoms with van der Waals surface area (Å²) in [4.78, 5) is 49.3. The summed E-state index contributed by atoms with van der Waals surface area (Å²) in [6.45, 7) is 17.4. The van der Waals surface area contributed by atoms with Gasteiger partial charge in [-0.05, 0) is 44.7 Å². The van der Waals surface area contributed by atoms with Crippen LogP contribution in [0.5, 0.6) is 0 Å². The Kier molecular flexibility index (Phi) is 8.71. The first-order valence-corrected chi connectivity index (χ1v) is 13.2. The van der Waals surface area contributed by atoms with E-state index in [2.05, 4.69) is 56.7 Å². The average molecular weight is 520 g/mol. The van der Waals surface area contributed by atoms with Gasteiger partial charge in [0.1, 0.15) is 6.04 Å². The van der Waals surface area contributed by atoms with Crippen LogP contribution in [0.4, 0.5) is 0 Å². The highest BCUT2D eigenvalue weighted by Gasteiger charge is 2.44. The van der Waals surface area contributed by atoms with E-state index in [1.807, 2.05) is 17.0 Å². The Bertz CT molecular complexity index is 946. The van der Waals surface area contributed by atoms with Crippen molar-refractivity contribution in [3.8, 4) is 0 Å². The third-order valence-corrected chi connectivity index (χ3v) is 7.33. The lowest BCUT2D eigenvalue weighted by Gasteiger charge is -2.39. The molecule has 2 aliphatic heterocycles. The second-order valence-electron chi connectivity index (χ2n) is 12.4. The van der Waals surface area contributed by atoms with E-state index in [0.717, 1.165) is 12.2 Å². The minimum Gasteiger partial charge on any atom is -0.345 e. The number of nitrogens with one attached hydrogen (secondary N) is 1. The minimum absolute atomic E-state index is 0.00964. The lowest BCUT2D eigenvalue weighted by atomic mass is 9.87. The molecular formula is C27H42ClN5O3. The van der Waals surface area contributed by atoms with Gasteiger partial charge in [-0.1, -0.05) is 32.4 Å². The summed E-state index contributed by atoms with van der Waals surface area (Å²) in [6.07, 6.45) is 2.21. The summed E-state index contributed by atoms with van der Waals surface area (Å²) >= 11 is 6.06. The first-order valence-electron chi connectivity index (χ1n) is 12.9. The molecule has 0 aromatic carbocycles. The molecule has 2 fully saturated rings. The number of halogens is 1. The van der Waals surface area contributed by atoms with Gasteiger partial charge < -0.3 is 15.1 Å². The molecule has 3 amide bonds. The quantitative estimate of drug-likeness (QED) is 0.646. The Labute approximate surface area is 220 Å². The van der Waals surface area contributed by atoms with Crippen LogP contribution in [0.2, 0.25) is 5.02 Å². The zero-order chi connectivity index (χ0) is 26.8. The van der Waals surface area contributed by atoms with E-state index in [0.29, 0.717) is 44.2 Å². The second-order valence-corrected chi connectivity index (χ2v) is 12.8. The van der Waals surface area contributed by atoms with E-state index < -0.39 is 6.04 Å². The molecule has 200 valence electrons. The lowest BCUT2D eigenvalue weighted by molar-refractivity contribution is -0.144. The van der Waals surface area contributed by atoms with Crippen molar-refractivity contribution in [2.24, 2.45) is 11.3 Å². The summed E-state index contributed by atoms with van der Waals surface area (Å²) in [5.74, 6) is -0.380. The molecular weight excluding hydrogens is 478 g/mol. The van der Waals surface area contributed by atoms with Gasteiger partial charge in [0.15, 0.2) is 0 Å². The number of amides is 3. The second kappa shape index (κ2) is 11.1. The Hall–Kier alpha value is -2.19. The Morgan fingerprint density at radius 3 is 2.14 bits per heavy atom. The molecule has 1 aromatic rings. The van der Waals surface area contributed by atoms with Gasteiger partial charge >= 0.3 is 0 Å². The highest BCUT2D eigenvalue weighted by atomic mass is 35.5. The summed E-state index contributed by atoms with van der Waals surface area (Å²) in [7, 11) is 0. The third-order valence-electron chi connectivity index (χ3n) is 7.11. The first-order chi connectivity index (χ1) is 16.7. The molecule has 2 saturated heterocycles. The number of rotatable bonds is 5. The van der Waals surface area contributed by atoms with Crippen molar-refractivity contribution < 1.29 is 14.4 Å². The van der Waals surface area contributed by atoms with Crippen molar-refractivity contribution >= 4 is 29.3 Å². The Morgan fingerprint density at radius 2 is 1.64 bits per heavy atom. The predicted octanol–water partition coefficient (Wildman–Crippen LogP) is 3.16. The van der Waals surface area contributed by atoms with Crippen molar-refractivity contribution in [2.45, 2.75) is 72.4 Å². The van der Waals surface area contributed by atoms with Crippen LogP contribution in [0.15, 0.2) is 18.3 Å². The molecule has 36 heavy (non-hydrogen) atoms. The van der Waals surface area contributed by atoms with E-state index >= 15 is 0 Å².